The van der Waals surface area contributed by atoms with Crippen LogP contribution in [-0.4, -0.2) is 58.5 Å². The van der Waals surface area contributed by atoms with Crippen molar-refractivity contribution in [2.24, 2.45) is 21.7 Å². The van der Waals surface area contributed by atoms with Crippen LogP contribution in [-0.2, 0) is 11.0 Å². The monoisotopic (exact) mass is 568 g/mol. The molecule has 1 fully saturated rings. The third kappa shape index (κ3) is 5.37. The van der Waals surface area contributed by atoms with Gasteiger partial charge in [0.1, 0.15) is 29.0 Å². The van der Waals surface area contributed by atoms with Crippen LogP contribution in [0.2, 0.25) is 0 Å². The van der Waals surface area contributed by atoms with E-state index in [-0.39, 0.29) is 27.8 Å². The summed E-state index contributed by atoms with van der Waals surface area (Å²) in [6.07, 6.45) is 3.44. The van der Waals surface area contributed by atoms with Gasteiger partial charge in [-0.15, -0.1) is 4.59 Å². The SMILES string of the molecule is CCC(=O)N1CCC[C@@H](C2=C3C=NC=C[N+]3(N)C(c3ccc(C(=O)Nc4cc(C(F)(F)F)ccn4)cc3OC)=N2)C1. The molecule has 3 aliphatic heterocycles. The van der Waals surface area contributed by atoms with Gasteiger partial charge in [0.05, 0.1) is 25.1 Å². The van der Waals surface area contributed by atoms with Crippen LogP contribution in [0.15, 0.2) is 70.3 Å². The molecular formula is C28H29F3N7O3+. The predicted molar refractivity (Wildman–Crippen MR) is 145 cm³/mol. The lowest BCUT2D eigenvalue weighted by Crippen LogP contribution is -2.53. The average molecular weight is 569 g/mol. The zero-order valence-corrected chi connectivity index (χ0v) is 22.5. The summed E-state index contributed by atoms with van der Waals surface area (Å²) in [5, 5.41) is 2.40. The average Bonchev–Trinajstić information content (AvgIpc) is 3.28. The number of amidine groups is 1. The van der Waals surface area contributed by atoms with Gasteiger partial charge < -0.3 is 15.0 Å². The number of halogens is 3. The number of alkyl halides is 3. The Morgan fingerprint density at radius 3 is 2.78 bits per heavy atom. The second-order valence-electron chi connectivity index (χ2n) is 9.89. The Labute approximate surface area is 234 Å². The second-order valence-corrected chi connectivity index (χ2v) is 9.89. The van der Waals surface area contributed by atoms with Crippen molar-refractivity contribution in [2.45, 2.75) is 32.4 Å². The van der Waals surface area contributed by atoms with Gasteiger partial charge in [-0.25, -0.2) is 4.98 Å². The summed E-state index contributed by atoms with van der Waals surface area (Å²) in [7, 11) is 1.43. The number of nitrogens with two attached hydrogens (primary N) is 1. The van der Waals surface area contributed by atoms with E-state index in [1.54, 1.807) is 24.7 Å². The lowest BCUT2D eigenvalue weighted by molar-refractivity contribution is -0.750. The van der Waals surface area contributed by atoms with Crippen molar-refractivity contribution in [3.63, 3.8) is 0 Å². The van der Waals surface area contributed by atoms with Crippen LogP contribution < -0.4 is 15.9 Å². The maximum atomic E-state index is 13.1. The number of hydrogen-bond acceptors (Lipinski definition) is 7. The van der Waals surface area contributed by atoms with Crippen LogP contribution >= 0.6 is 0 Å². The van der Waals surface area contributed by atoms with Gasteiger partial charge in [0, 0.05) is 37.2 Å². The topological polar surface area (TPSA) is 122 Å². The molecular weight excluding hydrogens is 539 g/mol. The van der Waals surface area contributed by atoms with Crippen molar-refractivity contribution in [3.05, 3.63) is 77.0 Å². The Hall–Kier alpha value is -4.36. The number of carbonyl (C=O) groups is 2. The Bertz CT molecular complexity index is 1520. The van der Waals surface area contributed by atoms with E-state index in [1.165, 1.54) is 19.2 Å². The highest BCUT2D eigenvalue weighted by Gasteiger charge is 2.47. The fraction of sp³-hybridized carbons (Fsp3) is 0.321. The van der Waals surface area contributed by atoms with Crippen LogP contribution in [0, 0.1) is 5.92 Å². The van der Waals surface area contributed by atoms with Gasteiger partial charge in [0.25, 0.3) is 11.7 Å². The molecule has 41 heavy (non-hydrogen) atoms. The number of allylic oxidation sites excluding steroid dienone is 1. The number of carbonyl (C=O) groups excluding carboxylic acids is 2. The van der Waals surface area contributed by atoms with Crippen molar-refractivity contribution in [3.8, 4) is 5.75 Å². The van der Waals surface area contributed by atoms with Crippen LogP contribution in [0.5, 0.6) is 5.75 Å². The molecule has 13 heteroatoms. The van der Waals surface area contributed by atoms with E-state index >= 15 is 0 Å². The third-order valence-corrected chi connectivity index (χ3v) is 7.32. The number of methoxy groups -OCH3 is 1. The van der Waals surface area contributed by atoms with Crippen LogP contribution in [0.4, 0.5) is 19.0 Å². The minimum absolute atomic E-state index is 0.0400. The number of aliphatic imine (C=N–C) groups is 2. The first-order valence-electron chi connectivity index (χ1n) is 13.1. The van der Waals surface area contributed by atoms with Crippen molar-refractivity contribution in [1.29, 1.82) is 0 Å². The number of fused-ring (bicyclic) bond motifs is 1. The van der Waals surface area contributed by atoms with E-state index in [0.29, 0.717) is 42.4 Å². The standard InChI is InChI=1S/C28H28F3N7O3/c1-3-24(39)37-11-4-5-18(16-37)25-21-15-33-10-12-38(21,32)26(36-25)20-7-6-17(13-22(20)41-2)27(40)35-23-14-19(8-9-34-23)28(29,30)31/h6-10,12-15,18H,3-5,11,16,32H2,1-2H3/p+1/t18-,38?/m1/s1. The molecule has 10 nitrogen and oxygen atoms in total. The molecule has 2 atom stereocenters. The zero-order chi connectivity index (χ0) is 29.4. The van der Waals surface area contributed by atoms with Gasteiger partial charge in [0.15, 0.2) is 0 Å². The molecule has 0 bridgehead atoms. The molecule has 1 aromatic heterocycles. The Morgan fingerprint density at radius 2 is 2.05 bits per heavy atom. The number of nitrogens with one attached hydrogen (secondary N) is 1. The summed E-state index contributed by atoms with van der Waals surface area (Å²) in [6.45, 7) is 3.07. The van der Waals surface area contributed by atoms with E-state index in [0.717, 1.165) is 36.9 Å². The minimum Gasteiger partial charge on any atom is -0.496 e. The van der Waals surface area contributed by atoms with Gasteiger partial charge in [-0.3, -0.25) is 14.6 Å². The lowest BCUT2D eigenvalue weighted by Gasteiger charge is -2.32. The predicted octanol–water partition coefficient (Wildman–Crippen LogP) is 4.23. The van der Waals surface area contributed by atoms with Gasteiger partial charge in [-0.05, 0) is 43.2 Å². The summed E-state index contributed by atoms with van der Waals surface area (Å²) in [6, 6.07) is 6.20. The fourth-order valence-electron chi connectivity index (χ4n) is 5.22. The molecule has 2 aromatic rings. The zero-order valence-electron chi connectivity index (χ0n) is 22.5. The number of quaternary nitrogens is 1. The van der Waals surface area contributed by atoms with E-state index in [4.69, 9.17) is 15.6 Å². The summed E-state index contributed by atoms with van der Waals surface area (Å²) in [4.78, 5) is 40.2. The van der Waals surface area contributed by atoms with Gasteiger partial charge in [-0.2, -0.15) is 24.0 Å². The second kappa shape index (κ2) is 10.9. The maximum Gasteiger partial charge on any atom is 0.416 e. The number of piperidine rings is 1. The van der Waals surface area contributed by atoms with Crippen molar-refractivity contribution in [1.82, 2.24) is 9.88 Å². The van der Waals surface area contributed by atoms with Gasteiger partial charge >= 0.3 is 6.18 Å². The number of anilines is 1. The first-order chi connectivity index (χ1) is 19.5. The van der Waals surface area contributed by atoms with Crippen molar-refractivity contribution >= 4 is 29.7 Å². The summed E-state index contributed by atoms with van der Waals surface area (Å²) in [5.41, 5.74) is 1.15. The molecule has 0 saturated carbocycles. The number of nitrogens with zero attached hydrogens (tertiary/aromatic N) is 5. The smallest absolute Gasteiger partial charge is 0.416 e. The van der Waals surface area contributed by atoms with Gasteiger partial charge in [0.2, 0.25) is 11.6 Å². The fourth-order valence-corrected chi connectivity index (χ4v) is 5.22. The highest BCUT2D eigenvalue weighted by Crippen LogP contribution is 2.39. The quantitative estimate of drug-likeness (QED) is 0.399. The van der Waals surface area contributed by atoms with Gasteiger partial charge in [-0.1, -0.05) is 6.92 Å². The number of ether oxygens (including phenoxy) is 1. The minimum atomic E-state index is -4.57. The van der Waals surface area contributed by atoms with Crippen molar-refractivity contribution < 1.29 is 32.1 Å². The van der Waals surface area contributed by atoms with E-state index in [2.05, 4.69) is 15.3 Å². The van der Waals surface area contributed by atoms with Crippen LogP contribution in [0.1, 0.15) is 47.7 Å². The highest BCUT2D eigenvalue weighted by molar-refractivity contribution is 6.07. The highest BCUT2D eigenvalue weighted by atomic mass is 19.4. The molecule has 1 aromatic carbocycles. The largest absolute Gasteiger partial charge is 0.496 e. The number of hydrogen-bond donors (Lipinski definition) is 2. The molecule has 1 unspecified atom stereocenters. The molecule has 1 saturated heterocycles. The molecule has 3 N–H and O–H groups in total. The Kier molecular flexibility index (Phi) is 7.49. The number of amides is 2. The number of pyridine rings is 1. The Balaban J connectivity index is 1.45. The third-order valence-electron chi connectivity index (χ3n) is 7.32. The number of aromatic nitrogens is 1. The first-order valence-corrected chi connectivity index (χ1v) is 13.1. The number of benzene rings is 1. The van der Waals surface area contributed by atoms with Crippen LogP contribution in [0.25, 0.3) is 0 Å². The molecule has 214 valence electrons. The molecule has 0 radical (unpaired) electrons. The maximum absolute atomic E-state index is 13.1. The Morgan fingerprint density at radius 1 is 1.24 bits per heavy atom. The van der Waals surface area contributed by atoms with Crippen LogP contribution in [0.3, 0.4) is 0 Å². The molecule has 2 amide bonds. The van der Waals surface area contributed by atoms with E-state index in [9.17, 15) is 22.8 Å². The molecule has 3 aliphatic rings. The number of rotatable bonds is 6. The van der Waals surface area contributed by atoms with Crippen molar-refractivity contribution in [2.75, 3.05) is 25.5 Å². The normalized spacial score (nSPS) is 22.0. The van der Waals surface area contributed by atoms with E-state index < -0.39 is 17.6 Å². The molecule has 5 rings (SSSR count). The molecule has 0 aliphatic carbocycles. The first kappa shape index (κ1) is 28.2. The lowest BCUT2D eigenvalue weighted by atomic mass is 9.93. The molecule has 4 heterocycles. The molecule has 0 spiro atoms. The summed E-state index contributed by atoms with van der Waals surface area (Å²) in [5.74, 6) is 6.76. The number of likely N-dealkylation sites (tertiary alicyclic amines) is 1. The summed E-state index contributed by atoms with van der Waals surface area (Å²) < 4.78 is 44.6. The summed E-state index contributed by atoms with van der Waals surface area (Å²) >= 11 is 0. The van der Waals surface area contributed by atoms with E-state index in [1.807, 2.05) is 11.8 Å².